The SMILES string of the molecule is NCC#Cc1cncc(C(=O)Nc2ccccn2)c1. The van der Waals surface area contributed by atoms with Gasteiger partial charge in [-0.25, -0.2) is 4.98 Å². The maximum Gasteiger partial charge on any atom is 0.258 e. The summed E-state index contributed by atoms with van der Waals surface area (Å²) in [5.74, 6) is 5.76. The summed E-state index contributed by atoms with van der Waals surface area (Å²) in [6.45, 7) is 0.268. The van der Waals surface area contributed by atoms with Gasteiger partial charge >= 0.3 is 0 Å². The second kappa shape index (κ2) is 6.28. The molecule has 0 fully saturated rings. The van der Waals surface area contributed by atoms with Crippen molar-refractivity contribution in [3.63, 3.8) is 0 Å². The molecule has 0 saturated carbocycles. The zero-order chi connectivity index (χ0) is 13.5. The molecule has 5 nitrogen and oxygen atoms in total. The average Bonchev–Trinajstić information content (AvgIpc) is 2.46. The minimum absolute atomic E-state index is 0.268. The Bertz CT molecular complexity index is 629. The van der Waals surface area contributed by atoms with Crippen LogP contribution in [0.5, 0.6) is 0 Å². The van der Waals surface area contributed by atoms with Crippen molar-refractivity contribution in [3.05, 3.63) is 54.0 Å². The van der Waals surface area contributed by atoms with Crippen molar-refractivity contribution in [3.8, 4) is 11.8 Å². The van der Waals surface area contributed by atoms with Gasteiger partial charge in [-0.2, -0.15) is 0 Å². The molecule has 2 aromatic heterocycles. The highest BCUT2D eigenvalue weighted by Gasteiger charge is 2.07. The number of aromatic nitrogens is 2. The fourth-order valence-corrected chi connectivity index (χ4v) is 1.41. The average molecular weight is 252 g/mol. The lowest BCUT2D eigenvalue weighted by Gasteiger charge is -2.03. The highest BCUT2D eigenvalue weighted by Crippen LogP contribution is 2.06. The zero-order valence-corrected chi connectivity index (χ0v) is 10.1. The molecule has 2 rings (SSSR count). The van der Waals surface area contributed by atoms with Crippen LogP contribution in [0, 0.1) is 11.8 Å². The van der Waals surface area contributed by atoms with Gasteiger partial charge in [-0.05, 0) is 18.2 Å². The van der Waals surface area contributed by atoms with Crippen LogP contribution in [0.2, 0.25) is 0 Å². The summed E-state index contributed by atoms with van der Waals surface area (Å²) in [7, 11) is 0. The van der Waals surface area contributed by atoms with Crippen LogP contribution in [0.1, 0.15) is 15.9 Å². The smallest absolute Gasteiger partial charge is 0.258 e. The fourth-order valence-electron chi connectivity index (χ4n) is 1.41. The van der Waals surface area contributed by atoms with Gasteiger partial charge in [-0.3, -0.25) is 9.78 Å². The lowest BCUT2D eigenvalue weighted by Crippen LogP contribution is -2.13. The van der Waals surface area contributed by atoms with E-state index in [1.165, 1.54) is 6.20 Å². The van der Waals surface area contributed by atoms with E-state index >= 15 is 0 Å². The lowest BCUT2D eigenvalue weighted by atomic mass is 10.2. The van der Waals surface area contributed by atoms with Gasteiger partial charge in [0.2, 0.25) is 0 Å². The Kier molecular flexibility index (Phi) is 4.21. The van der Waals surface area contributed by atoms with E-state index in [-0.39, 0.29) is 12.5 Å². The normalized spacial score (nSPS) is 9.32. The van der Waals surface area contributed by atoms with Crippen molar-refractivity contribution in [1.82, 2.24) is 9.97 Å². The molecule has 0 spiro atoms. The van der Waals surface area contributed by atoms with Crippen LogP contribution in [0.15, 0.2) is 42.9 Å². The molecule has 0 bridgehead atoms. The van der Waals surface area contributed by atoms with Crippen LogP contribution >= 0.6 is 0 Å². The Balaban J connectivity index is 2.15. The van der Waals surface area contributed by atoms with E-state index in [0.717, 1.165) is 0 Å². The van der Waals surface area contributed by atoms with E-state index in [2.05, 4.69) is 27.1 Å². The van der Waals surface area contributed by atoms with Crippen molar-refractivity contribution in [2.24, 2.45) is 5.73 Å². The molecular weight excluding hydrogens is 240 g/mol. The van der Waals surface area contributed by atoms with Gasteiger partial charge in [-0.15, -0.1) is 0 Å². The Morgan fingerprint density at radius 1 is 1.37 bits per heavy atom. The van der Waals surface area contributed by atoms with Gasteiger partial charge in [0.15, 0.2) is 0 Å². The van der Waals surface area contributed by atoms with Crippen LogP contribution < -0.4 is 11.1 Å². The third-order valence-corrected chi connectivity index (χ3v) is 2.24. The van der Waals surface area contributed by atoms with E-state index in [9.17, 15) is 4.79 Å². The summed E-state index contributed by atoms with van der Waals surface area (Å²) in [5.41, 5.74) is 6.37. The number of anilines is 1. The number of pyridine rings is 2. The van der Waals surface area contributed by atoms with Crippen molar-refractivity contribution in [2.75, 3.05) is 11.9 Å². The molecule has 0 atom stereocenters. The van der Waals surface area contributed by atoms with Gasteiger partial charge in [0.05, 0.1) is 12.1 Å². The minimum atomic E-state index is -0.275. The summed E-state index contributed by atoms with van der Waals surface area (Å²) < 4.78 is 0. The van der Waals surface area contributed by atoms with Gasteiger partial charge in [0, 0.05) is 24.2 Å². The maximum absolute atomic E-state index is 12.0. The van der Waals surface area contributed by atoms with Crippen molar-refractivity contribution in [2.45, 2.75) is 0 Å². The first-order valence-electron chi connectivity index (χ1n) is 5.66. The largest absolute Gasteiger partial charge is 0.320 e. The molecular formula is C14H12N4O. The van der Waals surface area contributed by atoms with E-state index in [1.807, 2.05) is 0 Å². The summed E-state index contributed by atoms with van der Waals surface area (Å²) in [6, 6.07) is 6.95. The number of hydrogen-bond acceptors (Lipinski definition) is 4. The molecule has 0 aromatic carbocycles. The molecule has 0 radical (unpaired) electrons. The number of nitrogens with two attached hydrogens (primary N) is 1. The topological polar surface area (TPSA) is 80.9 Å². The molecule has 2 aromatic rings. The van der Waals surface area contributed by atoms with Gasteiger partial charge in [0.25, 0.3) is 5.91 Å². The molecule has 0 unspecified atom stereocenters. The van der Waals surface area contributed by atoms with Crippen molar-refractivity contribution < 1.29 is 4.79 Å². The first-order valence-corrected chi connectivity index (χ1v) is 5.66. The molecule has 0 aliphatic carbocycles. The minimum Gasteiger partial charge on any atom is -0.320 e. The molecule has 19 heavy (non-hydrogen) atoms. The molecule has 2 heterocycles. The van der Waals surface area contributed by atoms with E-state index < -0.39 is 0 Å². The van der Waals surface area contributed by atoms with Crippen molar-refractivity contribution >= 4 is 11.7 Å². The standard InChI is InChI=1S/C14H12N4O/c15-6-3-4-11-8-12(10-16-9-11)14(19)18-13-5-1-2-7-17-13/h1-2,5,7-10H,6,15H2,(H,17,18,19). The fraction of sp³-hybridized carbons (Fsp3) is 0.0714. The molecule has 94 valence electrons. The molecule has 0 aliphatic heterocycles. The molecule has 0 saturated heterocycles. The highest BCUT2D eigenvalue weighted by atomic mass is 16.1. The third-order valence-electron chi connectivity index (χ3n) is 2.24. The second-order valence-corrected chi connectivity index (χ2v) is 3.64. The summed E-state index contributed by atoms with van der Waals surface area (Å²) in [6.07, 6.45) is 4.67. The first kappa shape index (κ1) is 12.7. The van der Waals surface area contributed by atoms with Crippen LogP contribution in [0.4, 0.5) is 5.82 Å². The van der Waals surface area contributed by atoms with Crippen LogP contribution in [-0.4, -0.2) is 22.4 Å². The molecule has 0 aliphatic rings. The second-order valence-electron chi connectivity index (χ2n) is 3.64. The zero-order valence-electron chi connectivity index (χ0n) is 10.1. The Morgan fingerprint density at radius 2 is 2.26 bits per heavy atom. The number of nitrogens with zero attached hydrogens (tertiary/aromatic N) is 2. The van der Waals surface area contributed by atoms with Crippen LogP contribution in [-0.2, 0) is 0 Å². The molecule has 3 N–H and O–H groups in total. The van der Waals surface area contributed by atoms with Gasteiger partial charge in [0.1, 0.15) is 5.82 Å². The summed E-state index contributed by atoms with van der Waals surface area (Å²) in [4.78, 5) is 20.0. The lowest BCUT2D eigenvalue weighted by molar-refractivity contribution is 0.102. The van der Waals surface area contributed by atoms with Gasteiger partial charge in [-0.1, -0.05) is 17.9 Å². The Hall–Kier alpha value is -2.71. The Labute approximate surface area is 110 Å². The number of carbonyl (C=O) groups excluding carboxylic acids is 1. The monoisotopic (exact) mass is 252 g/mol. The van der Waals surface area contributed by atoms with E-state index in [4.69, 9.17) is 5.73 Å². The number of nitrogens with one attached hydrogen (secondary N) is 1. The number of carbonyl (C=O) groups is 1. The van der Waals surface area contributed by atoms with Gasteiger partial charge < -0.3 is 11.1 Å². The van der Waals surface area contributed by atoms with Crippen LogP contribution in [0.3, 0.4) is 0 Å². The molecule has 1 amide bonds. The van der Waals surface area contributed by atoms with E-state index in [0.29, 0.717) is 16.9 Å². The summed E-state index contributed by atoms with van der Waals surface area (Å²) >= 11 is 0. The number of hydrogen-bond donors (Lipinski definition) is 2. The highest BCUT2D eigenvalue weighted by molar-refractivity contribution is 6.03. The number of rotatable bonds is 2. The molecule has 5 heteroatoms. The maximum atomic E-state index is 12.0. The van der Waals surface area contributed by atoms with E-state index in [1.54, 1.807) is 36.7 Å². The number of amides is 1. The summed E-state index contributed by atoms with van der Waals surface area (Å²) in [5, 5.41) is 2.68. The first-order chi connectivity index (χ1) is 9.29. The Morgan fingerprint density at radius 3 is 3.00 bits per heavy atom. The third kappa shape index (κ3) is 3.63. The van der Waals surface area contributed by atoms with Crippen LogP contribution in [0.25, 0.3) is 0 Å². The quantitative estimate of drug-likeness (QED) is 0.782. The van der Waals surface area contributed by atoms with Crippen molar-refractivity contribution in [1.29, 1.82) is 0 Å². The predicted octanol–water partition coefficient (Wildman–Crippen LogP) is 1.04. The predicted molar refractivity (Wildman–Crippen MR) is 72.4 cm³/mol.